The third-order valence-electron chi connectivity index (χ3n) is 2.22. The number of halogens is 1. The first-order chi connectivity index (χ1) is 8.11. The van der Waals surface area contributed by atoms with Gasteiger partial charge in [0.05, 0.1) is 19.8 Å². The van der Waals surface area contributed by atoms with Crippen LogP contribution in [0.25, 0.3) is 10.4 Å². The molecule has 2 N–H and O–H groups in total. The van der Waals surface area contributed by atoms with Crippen LogP contribution in [0, 0.1) is 5.82 Å². The van der Waals surface area contributed by atoms with E-state index in [1.54, 1.807) is 0 Å². The summed E-state index contributed by atoms with van der Waals surface area (Å²) in [6, 6.07) is 3.98. The van der Waals surface area contributed by atoms with Crippen LogP contribution in [-0.2, 0) is 0 Å². The van der Waals surface area contributed by atoms with Crippen molar-refractivity contribution in [3.8, 4) is 5.75 Å². The molecule has 0 radical (unpaired) electrons. The van der Waals surface area contributed by atoms with Crippen molar-refractivity contribution in [3.05, 3.63) is 40.0 Å². The van der Waals surface area contributed by atoms with Crippen LogP contribution < -0.4 is 4.74 Å². The Morgan fingerprint density at radius 1 is 1.53 bits per heavy atom. The number of azide groups is 1. The van der Waals surface area contributed by atoms with Crippen molar-refractivity contribution in [2.75, 3.05) is 13.7 Å². The number of para-hydroxylation sites is 1. The van der Waals surface area contributed by atoms with Crippen LogP contribution in [0.5, 0.6) is 5.75 Å². The first-order valence-electron chi connectivity index (χ1n) is 4.81. The number of hydrogen-bond donors (Lipinski definition) is 2. The summed E-state index contributed by atoms with van der Waals surface area (Å²) < 4.78 is 18.1. The van der Waals surface area contributed by atoms with Crippen LogP contribution in [0.4, 0.5) is 4.39 Å². The average Bonchev–Trinajstić information content (AvgIpc) is 2.34. The van der Waals surface area contributed by atoms with Crippen molar-refractivity contribution >= 4 is 0 Å². The lowest BCUT2D eigenvalue weighted by Gasteiger charge is -2.18. The van der Waals surface area contributed by atoms with E-state index in [0.29, 0.717) is 0 Å². The van der Waals surface area contributed by atoms with Crippen molar-refractivity contribution in [1.82, 2.24) is 0 Å². The number of methoxy groups -OCH3 is 1. The van der Waals surface area contributed by atoms with Crippen LogP contribution in [0.1, 0.15) is 11.7 Å². The number of aliphatic hydroxyl groups is 2. The van der Waals surface area contributed by atoms with E-state index >= 15 is 0 Å². The Hall–Kier alpha value is -1.82. The Balaban J connectivity index is 2.98. The maximum absolute atomic E-state index is 13.3. The SMILES string of the molecule is COc1c(F)cccc1C(O)C(O)CN=[N+]=[N-]. The Bertz CT molecular complexity index is 435. The van der Waals surface area contributed by atoms with Gasteiger partial charge >= 0.3 is 0 Å². The van der Waals surface area contributed by atoms with Gasteiger partial charge in [0.2, 0.25) is 0 Å². The Kier molecular flexibility index (Phi) is 4.71. The van der Waals surface area contributed by atoms with Crippen molar-refractivity contribution in [1.29, 1.82) is 0 Å². The smallest absolute Gasteiger partial charge is 0.165 e. The number of hydrogen-bond acceptors (Lipinski definition) is 4. The first kappa shape index (κ1) is 13.2. The van der Waals surface area contributed by atoms with Crippen molar-refractivity contribution in [3.63, 3.8) is 0 Å². The highest BCUT2D eigenvalue weighted by Crippen LogP contribution is 2.29. The van der Waals surface area contributed by atoms with E-state index in [1.807, 2.05) is 0 Å². The summed E-state index contributed by atoms with van der Waals surface area (Å²) in [6.45, 7) is -0.308. The predicted octanol–water partition coefficient (Wildman–Crippen LogP) is 1.54. The van der Waals surface area contributed by atoms with Gasteiger partial charge in [-0.1, -0.05) is 17.2 Å². The molecule has 0 aliphatic heterocycles. The molecule has 0 amide bonds. The third-order valence-corrected chi connectivity index (χ3v) is 2.22. The van der Waals surface area contributed by atoms with Crippen molar-refractivity contribution in [2.24, 2.45) is 5.11 Å². The summed E-state index contributed by atoms with van der Waals surface area (Å²) in [5, 5.41) is 22.4. The quantitative estimate of drug-likeness (QED) is 0.464. The molecule has 7 heteroatoms. The highest BCUT2D eigenvalue weighted by atomic mass is 19.1. The molecule has 1 rings (SSSR count). The summed E-state index contributed by atoms with van der Waals surface area (Å²) in [4.78, 5) is 2.46. The van der Waals surface area contributed by atoms with Crippen LogP contribution in [0.3, 0.4) is 0 Å². The summed E-state index contributed by atoms with van der Waals surface area (Å²) in [6.07, 6.45) is -2.70. The van der Waals surface area contributed by atoms with Crippen molar-refractivity contribution in [2.45, 2.75) is 12.2 Å². The first-order valence-corrected chi connectivity index (χ1v) is 4.81. The summed E-state index contributed by atoms with van der Waals surface area (Å²) >= 11 is 0. The highest BCUT2D eigenvalue weighted by Gasteiger charge is 2.22. The minimum Gasteiger partial charge on any atom is -0.493 e. The maximum Gasteiger partial charge on any atom is 0.165 e. The van der Waals surface area contributed by atoms with Gasteiger partial charge in [-0.05, 0) is 11.6 Å². The second-order valence-corrected chi connectivity index (χ2v) is 3.29. The molecule has 0 spiro atoms. The van der Waals surface area contributed by atoms with Gasteiger partial charge in [0.1, 0.15) is 6.10 Å². The molecule has 17 heavy (non-hydrogen) atoms. The number of aliphatic hydroxyl groups excluding tert-OH is 2. The number of rotatable bonds is 5. The van der Waals surface area contributed by atoms with Gasteiger partial charge < -0.3 is 14.9 Å². The molecule has 0 aromatic heterocycles. The maximum atomic E-state index is 13.3. The minimum absolute atomic E-state index is 0.105. The molecule has 0 heterocycles. The fraction of sp³-hybridized carbons (Fsp3) is 0.400. The number of benzene rings is 1. The van der Waals surface area contributed by atoms with Crippen LogP contribution >= 0.6 is 0 Å². The lowest BCUT2D eigenvalue weighted by Crippen LogP contribution is -2.21. The molecule has 92 valence electrons. The molecular formula is C10H12FN3O3. The monoisotopic (exact) mass is 241 g/mol. The lowest BCUT2D eigenvalue weighted by molar-refractivity contribution is 0.0227. The Morgan fingerprint density at radius 2 is 2.24 bits per heavy atom. The topological polar surface area (TPSA) is 98.5 Å². The lowest BCUT2D eigenvalue weighted by atomic mass is 10.0. The fourth-order valence-corrected chi connectivity index (χ4v) is 1.40. The van der Waals surface area contributed by atoms with E-state index in [9.17, 15) is 14.6 Å². The molecule has 2 atom stereocenters. The van der Waals surface area contributed by atoms with E-state index in [1.165, 1.54) is 25.3 Å². The molecule has 0 saturated carbocycles. The zero-order chi connectivity index (χ0) is 12.8. The van der Waals surface area contributed by atoms with Crippen LogP contribution in [0.2, 0.25) is 0 Å². The fourth-order valence-electron chi connectivity index (χ4n) is 1.40. The zero-order valence-electron chi connectivity index (χ0n) is 9.12. The average molecular weight is 241 g/mol. The van der Waals surface area contributed by atoms with Gasteiger partial charge in [0.15, 0.2) is 11.6 Å². The Labute approximate surface area is 96.9 Å². The molecule has 0 aliphatic carbocycles. The summed E-state index contributed by atoms with van der Waals surface area (Å²) in [5.41, 5.74) is 8.20. The molecule has 1 aromatic rings. The second kappa shape index (κ2) is 6.05. The molecule has 1 aromatic carbocycles. The van der Waals surface area contributed by atoms with Crippen molar-refractivity contribution < 1.29 is 19.3 Å². The normalized spacial score (nSPS) is 13.6. The predicted molar refractivity (Wildman–Crippen MR) is 57.9 cm³/mol. The second-order valence-electron chi connectivity index (χ2n) is 3.29. The largest absolute Gasteiger partial charge is 0.493 e. The van der Waals surface area contributed by atoms with Gasteiger partial charge in [0, 0.05) is 10.5 Å². The zero-order valence-corrected chi connectivity index (χ0v) is 9.12. The van der Waals surface area contributed by atoms with E-state index in [-0.39, 0.29) is 17.9 Å². The molecule has 0 saturated heterocycles. The molecular weight excluding hydrogens is 229 g/mol. The van der Waals surface area contributed by atoms with Gasteiger partial charge in [-0.25, -0.2) is 4.39 Å². The van der Waals surface area contributed by atoms with Gasteiger partial charge in [-0.2, -0.15) is 0 Å². The minimum atomic E-state index is -1.38. The summed E-state index contributed by atoms with van der Waals surface area (Å²) in [5.74, 6) is -0.778. The van der Waals surface area contributed by atoms with E-state index in [4.69, 9.17) is 10.3 Å². The molecule has 2 unspecified atom stereocenters. The van der Waals surface area contributed by atoms with E-state index in [2.05, 4.69) is 10.0 Å². The molecule has 6 nitrogen and oxygen atoms in total. The van der Waals surface area contributed by atoms with Gasteiger partial charge in [-0.15, -0.1) is 0 Å². The standard InChI is InChI=1S/C10H12FN3O3/c1-17-10-6(3-2-4-7(10)11)9(16)8(15)5-13-14-12/h2-4,8-9,15-16H,5H2,1H3. The number of ether oxygens (including phenoxy) is 1. The van der Waals surface area contributed by atoms with Gasteiger partial charge in [0.25, 0.3) is 0 Å². The molecule has 0 fully saturated rings. The van der Waals surface area contributed by atoms with E-state index < -0.39 is 18.0 Å². The Morgan fingerprint density at radius 3 is 2.82 bits per heavy atom. The van der Waals surface area contributed by atoms with Crippen LogP contribution in [0.15, 0.2) is 23.3 Å². The number of nitrogens with zero attached hydrogens (tertiary/aromatic N) is 3. The third kappa shape index (κ3) is 3.07. The molecule has 0 aliphatic rings. The summed E-state index contributed by atoms with van der Waals surface area (Å²) in [7, 11) is 1.26. The van der Waals surface area contributed by atoms with E-state index in [0.717, 1.165) is 0 Å². The van der Waals surface area contributed by atoms with Crippen LogP contribution in [-0.4, -0.2) is 30.0 Å². The highest BCUT2D eigenvalue weighted by molar-refractivity contribution is 5.37. The molecule has 0 bridgehead atoms. The van der Waals surface area contributed by atoms with Gasteiger partial charge in [-0.3, -0.25) is 0 Å².